The Balaban J connectivity index is 0.000000175. The Morgan fingerprint density at radius 3 is 0.901 bits per heavy atom. The van der Waals surface area contributed by atoms with E-state index < -0.39 is 102 Å². The number of rotatable bonds is 9. The van der Waals surface area contributed by atoms with Crippen molar-refractivity contribution >= 4 is 100 Å². The lowest BCUT2D eigenvalue weighted by Crippen LogP contribution is -2.55. The average Bonchev–Trinajstić information content (AvgIpc) is 3.40. The molecule has 432 valence electrons. The molecule has 0 bridgehead atoms. The van der Waals surface area contributed by atoms with Crippen LogP contribution >= 0.6 is 34.8 Å². The zero-order valence-corrected chi connectivity index (χ0v) is 48.9. The van der Waals surface area contributed by atoms with E-state index in [1.807, 2.05) is 93.6 Å². The van der Waals surface area contributed by atoms with E-state index in [9.17, 15) is 52.8 Å². The van der Waals surface area contributed by atoms with Crippen molar-refractivity contribution in [3.63, 3.8) is 0 Å². The molecule has 5 unspecified atom stereocenters. The number of nitrogens with zero attached hydrogens (tertiary/aromatic N) is 3. The minimum absolute atomic E-state index is 0.128. The summed E-state index contributed by atoms with van der Waals surface area (Å²) in [7, 11) is -7.48. The molecule has 0 radical (unpaired) electrons. The van der Waals surface area contributed by atoms with Gasteiger partial charge in [0.15, 0.2) is 0 Å². The molecule has 3 aliphatic rings. The van der Waals surface area contributed by atoms with E-state index in [1.165, 1.54) is 57.5 Å². The van der Waals surface area contributed by atoms with Gasteiger partial charge in [-0.2, -0.15) is 52.3 Å². The number of likely N-dealkylation sites (N-methyl/N-ethyl adjacent to an activating group) is 3. The van der Waals surface area contributed by atoms with Crippen LogP contribution in [0.5, 0.6) is 0 Å². The molecule has 0 aromatic heterocycles. The third-order valence-electron chi connectivity index (χ3n) is 13.5. The molecule has 0 aliphatic carbocycles. The Hall–Kier alpha value is -6.00. The average molecular weight is 1240 g/mol. The van der Waals surface area contributed by atoms with E-state index in [4.69, 9.17) is 34.8 Å². The van der Waals surface area contributed by atoms with Crippen LogP contribution < -0.4 is 30.1 Å². The molecule has 3 amide bonds. The van der Waals surface area contributed by atoms with Crippen LogP contribution in [0, 0.1) is 38.2 Å². The summed E-state index contributed by atoms with van der Waals surface area (Å²) < 4.78 is 126. The Morgan fingerprint density at radius 1 is 0.432 bits per heavy atom. The molecule has 6 aromatic rings. The normalized spacial score (nSPS) is 22.4. The number of benzene rings is 6. The van der Waals surface area contributed by atoms with Gasteiger partial charge in [0.05, 0.1) is 15.1 Å². The quantitative estimate of drug-likeness (QED) is 0.0809. The molecular weight excluding hydrogens is 1180 g/mol. The lowest BCUT2D eigenvalue weighted by Gasteiger charge is -2.36. The van der Waals surface area contributed by atoms with Gasteiger partial charge in [-0.1, -0.05) is 124 Å². The highest BCUT2D eigenvalue weighted by Gasteiger charge is 2.43. The number of halogens is 6. The molecule has 3 aliphatic heterocycles. The molecule has 3 fully saturated rings. The second-order valence-electron chi connectivity index (χ2n) is 19.4. The van der Waals surface area contributed by atoms with Gasteiger partial charge >= 0.3 is 0 Å². The second kappa shape index (κ2) is 26.1. The monoisotopic (exact) mass is 1230 g/mol. The van der Waals surface area contributed by atoms with Crippen molar-refractivity contribution < 1.29 is 52.8 Å². The third-order valence-corrected chi connectivity index (χ3v) is 19.2. The van der Waals surface area contributed by atoms with Crippen molar-refractivity contribution in [2.24, 2.45) is 0 Å². The smallest absolute Gasteiger partial charge is 0.280 e. The minimum Gasteiger partial charge on any atom is -0.325 e. The molecule has 0 spiro atoms. The maximum atomic E-state index is 13.3. The fraction of sp³-hybridized carbons (Fsp3) is 0.278. The highest BCUT2D eigenvalue weighted by Crippen LogP contribution is 2.33. The molecule has 3 heterocycles. The van der Waals surface area contributed by atoms with Crippen molar-refractivity contribution in [2.75, 3.05) is 37.1 Å². The standard InChI is InChI=1S/3C18H19ClFN3O3S/c3*1-11-4-3-5-12(8-11)16-10-17(23(2)27(25,26)22-16)18(24)21-13-6-7-15(20)14(19)9-13/h3*3-9,16-17,22H,10H2,1-2H3,(H,21,24)/t16-,17?;;/m0../s1. The van der Waals surface area contributed by atoms with E-state index in [0.29, 0.717) is 17.1 Å². The SMILES string of the molecule is Cc1cccc(C2CC(C(=O)Nc3ccc(F)c(Cl)c3)N(C)S(=O)(=O)N2)c1.Cc1cccc(C2CC(C(=O)Nc3ccc(F)c(Cl)c3)N(C)S(=O)(=O)N2)c1.Cc1cccc([C@@H]2CC(C(=O)Nc3ccc(F)c(Cl)c3)N(C)S(=O)(=O)N2)c1. The molecule has 6 aromatic carbocycles. The Bertz CT molecular complexity index is 3330. The maximum absolute atomic E-state index is 13.3. The first-order chi connectivity index (χ1) is 38.0. The molecule has 6 N–H and O–H groups in total. The van der Waals surface area contributed by atoms with Gasteiger partial charge in [0.1, 0.15) is 35.6 Å². The molecule has 27 heteroatoms. The first-order valence-electron chi connectivity index (χ1n) is 24.7. The molecular formula is C54H57Cl3F3N9O9S3. The van der Waals surface area contributed by atoms with Crippen LogP contribution in [0.2, 0.25) is 15.1 Å². The number of nitrogens with one attached hydrogen (secondary N) is 6. The highest BCUT2D eigenvalue weighted by atomic mass is 35.5. The lowest BCUT2D eigenvalue weighted by atomic mass is 9.98. The molecule has 81 heavy (non-hydrogen) atoms. The Kier molecular flexibility index (Phi) is 20.1. The van der Waals surface area contributed by atoms with Gasteiger partial charge in [-0.15, -0.1) is 0 Å². The molecule has 0 saturated carbocycles. The fourth-order valence-electron chi connectivity index (χ4n) is 9.04. The number of carbonyl (C=O) groups excluding carboxylic acids is 3. The zero-order chi connectivity index (χ0) is 59.3. The van der Waals surface area contributed by atoms with Gasteiger partial charge in [0, 0.05) is 56.3 Å². The van der Waals surface area contributed by atoms with E-state index in [2.05, 4.69) is 30.1 Å². The van der Waals surface area contributed by atoms with Crippen molar-refractivity contribution in [1.82, 2.24) is 27.1 Å². The largest absolute Gasteiger partial charge is 0.325 e. The number of carbonyl (C=O) groups is 3. The summed E-state index contributed by atoms with van der Waals surface area (Å²) in [4.78, 5) is 38.2. The predicted octanol–water partition coefficient (Wildman–Crippen LogP) is 9.02. The first-order valence-corrected chi connectivity index (χ1v) is 30.2. The van der Waals surface area contributed by atoms with Crippen LogP contribution in [-0.2, 0) is 45.0 Å². The summed E-state index contributed by atoms with van der Waals surface area (Å²) in [5.41, 5.74) is 6.22. The van der Waals surface area contributed by atoms with Crippen LogP contribution in [0.15, 0.2) is 127 Å². The number of anilines is 3. The van der Waals surface area contributed by atoms with Crippen LogP contribution in [0.3, 0.4) is 0 Å². The molecule has 9 rings (SSSR count). The Morgan fingerprint density at radius 2 is 0.679 bits per heavy atom. The van der Waals surface area contributed by atoms with Crippen molar-refractivity contribution in [3.05, 3.63) is 193 Å². The van der Waals surface area contributed by atoms with Gasteiger partial charge < -0.3 is 16.0 Å². The lowest BCUT2D eigenvalue weighted by molar-refractivity contribution is -0.120. The van der Waals surface area contributed by atoms with E-state index in [1.54, 1.807) is 0 Å². The first kappa shape index (κ1) is 62.6. The van der Waals surface area contributed by atoms with Gasteiger partial charge in [-0.3, -0.25) is 14.4 Å². The topological polar surface area (TPSA) is 236 Å². The summed E-state index contributed by atoms with van der Waals surface area (Å²) in [6.45, 7) is 5.74. The van der Waals surface area contributed by atoms with Gasteiger partial charge in [0.2, 0.25) is 17.7 Å². The second-order valence-corrected chi connectivity index (χ2v) is 25.9. The van der Waals surface area contributed by atoms with Crippen LogP contribution in [0.4, 0.5) is 30.2 Å². The summed E-state index contributed by atoms with van der Waals surface area (Å²) >= 11 is 17.2. The molecule has 6 atom stereocenters. The third kappa shape index (κ3) is 15.8. The summed E-state index contributed by atoms with van der Waals surface area (Å²) in [6, 6.07) is 29.3. The van der Waals surface area contributed by atoms with Crippen LogP contribution in [0.1, 0.15) is 70.8 Å². The highest BCUT2D eigenvalue weighted by molar-refractivity contribution is 7.87. The van der Waals surface area contributed by atoms with Crippen molar-refractivity contribution in [3.8, 4) is 0 Å². The number of hydrogen-bond donors (Lipinski definition) is 6. The van der Waals surface area contributed by atoms with Crippen LogP contribution in [-0.4, -0.2) is 95.2 Å². The fourth-order valence-corrected chi connectivity index (χ4v) is 13.4. The minimum atomic E-state index is -3.84. The maximum Gasteiger partial charge on any atom is 0.280 e. The summed E-state index contributed by atoms with van der Waals surface area (Å²) in [5, 5.41) is 7.44. The predicted molar refractivity (Wildman–Crippen MR) is 307 cm³/mol. The number of aryl methyl sites for hydroxylation is 3. The van der Waals surface area contributed by atoms with Crippen LogP contribution in [0.25, 0.3) is 0 Å². The molecule has 18 nitrogen and oxygen atoms in total. The zero-order valence-electron chi connectivity index (χ0n) is 44.2. The van der Waals surface area contributed by atoms with Gasteiger partial charge in [-0.05, 0) is 111 Å². The van der Waals surface area contributed by atoms with Gasteiger partial charge in [0.25, 0.3) is 30.6 Å². The Labute approximate surface area is 483 Å². The summed E-state index contributed by atoms with van der Waals surface area (Å²) in [5.74, 6) is -3.34. The number of hydrogen-bond acceptors (Lipinski definition) is 9. The molecule has 3 saturated heterocycles. The van der Waals surface area contributed by atoms with E-state index >= 15 is 0 Å². The van der Waals surface area contributed by atoms with Crippen molar-refractivity contribution in [1.29, 1.82) is 0 Å². The summed E-state index contributed by atoms with van der Waals surface area (Å²) in [6.07, 6.45) is 0.750. The van der Waals surface area contributed by atoms with E-state index in [-0.39, 0.29) is 34.3 Å². The van der Waals surface area contributed by atoms with Gasteiger partial charge in [-0.25, -0.2) is 13.2 Å². The van der Waals surface area contributed by atoms with Crippen molar-refractivity contribution in [2.45, 2.75) is 76.3 Å². The number of amides is 3. The van der Waals surface area contributed by atoms with E-state index in [0.717, 1.165) is 64.5 Å².